The number of piperazine rings is 2. The van der Waals surface area contributed by atoms with Crippen molar-refractivity contribution in [1.29, 1.82) is 0 Å². The lowest BCUT2D eigenvalue weighted by Crippen LogP contribution is -2.58. The average molecular weight is 485 g/mol. The minimum Gasteiger partial charge on any atom is -0.505 e. The summed E-state index contributed by atoms with van der Waals surface area (Å²) in [5, 5.41) is 18.4. The highest BCUT2D eigenvalue weighted by atomic mass is 16.3. The molecular weight excluding hydrogens is 444 g/mol. The Morgan fingerprint density at radius 2 is 1.29 bits per heavy atom. The number of amides is 2. The van der Waals surface area contributed by atoms with E-state index in [9.17, 15) is 14.7 Å². The predicted octanol–water partition coefficient (Wildman–Crippen LogP) is 1.21. The van der Waals surface area contributed by atoms with Crippen LogP contribution in [-0.2, 0) is 9.59 Å². The number of phenolic OH excluding ortho intramolecular Hbond substituents is 1. The second kappa shape index (κ2) is 10.1. The highest BCUT2D eigenvalue weighted by molar-refractivity contribution is 6.08. The third-order valence-electron chi connectivity index (χ3n) is 7.70. The summed E-state index contributed by atoms with van der Waals surface area (Å²) in [5.74, 6) is -0.223. The molecule has 3 N–H and O–H groups in total. The van der Waals surface area contributed by atoms with Crippen molar-refractivity contribution in [3.8, 4) is 5.75 Å². The number of hydrogen-bond acceptors (Lipinski definition) is 5. The highest BCUT2D eigenvalue weighted by Gasteiger charge is 2.31. The maximum Gasteiger partial charge on any atom is 0.279 e. The van der Waals surface area contributed by atoms with Gasteiger partial charge in [-0.2, -0.15) is 0 Å². The number of likely N-dealkylation sites (N-methyl/N-ethyl adjacent to an activating group) is 4. The van der Waals surface area contributed by atoms with Gasteiger partial charge < -0.3 is 24.7 Å². The molecule has 190 valence electrons. The number of aromatic hydroxyl groups is 1. The van der Waals surface area contributed by atoms with Gasteiger partial charge in [0.1, 0.15) is 5.75 Å². The first-order chi connectivity index (χ1) is 16.6. The van der Waals surface area contributed by atoms with Crippen LogP contribution in [0.1, 0.15) is 0 Å². The largest absolute Gasteiger partial charge is 0.505 e. The van der Waals surface area contributed by atoms with Crippen LogP contribution in [-0.4, -0.2) is 129 Å². The van der Waals surface area contributed by atoms with Gasteiger partial charge in [0.2, 0.25) is 0 Å². The smallest absolute Gasteiger partial charge is 0.279 e. The standard InChI is InChI=1S/C26H38N6O3/c1-29-10-14-31(3,15-11-29)18-23(33)27-21-7-5-6-20-8-9-22(26(35)25(20)21)28-24(34)19-32(4)16-12-30(2)13-17-32/h5-9H,10-19H2,1-4H3,(H-2,27,28,33,34,35)/p+2. The van der Waals surface area contributed by atoms with Crippen molar-refractivity contribution in [1.82, 2.24) is 9.80 Å². The number of nitrogens with zero attached hydrogens (tertiary/aromatic N) is 4. The van der Waals surface area contributed by atoms with Crippen LogP contribution < -0.4 is 10.6 Å². The number of carbonyl (C=O) groups is 2. The van der Waals surface area contributed by atoms with E-state index in [-0.39, 0.29) is 17.6 Å². The SMILES string of the molecule is CN1CC[N+](C)(CC(=O)Nc2ccc3cccc(NC(=O)C[N+]4(C)CCN(C)CC4)c3c2O)CC1. The van der Waals surface area contributed by atoms with Crippen LogP contribution in [0, 0.1) is 0 Å². The van der Waals surface area contributed by atoms with E-state index in [1.54, 1.807) is 12.1 Å². The number of carbonyl (C=O) groups excluding carboxylic acids is 2. The van der Waals surface area contributed by atoms with Gasteiger partial charge in [-0.05, 0) is 31.6 Å². The molecule has 0 radical (unpaired) electrons. The quantitative estimate of drug-likeness (QED) is 0.424. The van der Waals surface area contributed by atoms with Crippen LogP contribution in [0.3, 0.4) is 0 Å². The number of phenols is 1. The molecule has 2 saturated heterocycles. The molecule has 0 aliphatic carbocycles. The number of nitrogens with one attached hydrogen (secondary N) is 2. The fourth-order valence-electron chi connectivity index (χ4n) is 5.05. The molecule has 35 heavy (non-hydrogen) atoms. The van der Waals surface area contributed by atoms with Crippen molar-refractivity contribution >= 4 is 34.0 Å². The first kappa shape index (κ1) is 25.4. The molecule has 0 spiro atoms. The van der Waals surface area contributed by atoms with Crippen LogP contribution in [0.4, 0.5) is 11.4 Å². The minimum atomic E-state index is -0.124. The number of benzene rings is 2. The van der Waals surface area contributed by atoms with E-state index in [0.717, 1.165) is 57.7 Å². The summed E-state index contributed by atoms with van der Waals surface area (Å²) in [6.07, 6.45) is 0. The highest BCUT2D eigenvalue weighted by Crippen LogP contribution is 2.37. The van der Waals surface area contributed by atoms with Gasteiger partial charge in [0.25, 0.3) is 11.8 Å². The second-order valence-corrected chi connectivity index (χ2v) is 11.0. The van der Waals surface area contributed by atoms with Crippen molar-refractivity contribution in [2.75, 3.05) is 104 Å². The van der Waals surface area contributed by atoms with Crippen LogP contribution in [0.5, 0.6) is 5.75 Å². The fraction of sp³-hybridized carbons (Fsp3) is 0.538. The van der Waals surface area contributed by atoms with Crippen LogP contribution in [0.2, 0.25) is 0 Å². The van der Waals surface area contributed by atoms with Gasteiger partial charge in [-0.15, -0.1) is 0 Å². The van der Waals surface area contributed by atoms with E-state index in [1.807, 2.05) is 18.2 Å². The Kier molecular flexibility index (Phi) is 7.32. The molecule has 0 saturated carbocycles. The topological polar surface area (TPSA) is 84.9 Å². The maximum atomic E-state index is 13.0. The van der Waals surface area contributed by atoms with Gasteiger partial charge in [0, 0.05) is 31.6 Å². The molecule has 2 aromatic carbocycles. The van der Waals surface area contributed by atoms with E-state index >= 15 is 0 Å². The molecule has 2 fully saturated rings. The van der Waals surface area contributed by atoms with Crippen molar-refractivity contribution in [3.63, 3.8) is 0 Å². The number of fused-ring (bicyclic) bond motifs is 1. The van der Waals surface area contributed by atoms with E-state index in [1.165, 1.54) is 0 Å². The average Bonchev–Trinajstić information content (AvgIpc) is 2.80. The minimum absolute atomic E-state index is 0.0206. The third-order valence-corrected chi connectivity index (χ3v) is 7.70. The Morgan fingerprint density at radius 1 is 0.800 bits per heavy atom. The van der Waals surface area contributed by atoms with Gasteiger partial charge in [-0.1, -0.05) is 18.2 Å². The van der Waals surface area contributed by atoms with E-state index in [0.29, 0.717) is 38.8 Å². The first-order valence-corrected chi connectivity index (χ1v) is 12.4. The van der Waals surface area contributed by atoms with Gasteiger partial charge >= 0.3 is 0 Å². The van der Waals surface area contributed by atoms with E-state index in [2.05, 4.69) is 48.6 Å². The summed E-state index contributed by atoms with van der Waals surface area (Å²) in [6.45, 7) is 8.28. The van der Waals surface area contributed by atoms with Crippen LogP contribution in [0.15, 0.2) is 30.3 Å². The summed E-state index contributed by atoms with van der Waals surface area (Å²) >= 11 is 0. The van der Waals surface area contributed by atoms with Crippen molar-refractivity contribution in [3.05, 3.63) is 30.3 Å². The van der Waals surface area contributed by atoms with Crippen LogP contribution >= 0.6 is 0 Å². The van der Waals surface area contributed by atoms with Crippen molar-refractivity contribution in [2.24, 2.45) is 0 Å². The Bertz CT molecular complexity index is 1090. The summed E-state index contributed by atoms with van der Waals surface area (Å²) in [6, 6.07) is 9.13. The molecule has 0 aromatic heterocycles. The molecule has 0 unspecified atom stereocenters. The summed E-state index contributed by atoms with van der Waals surface area (Å²) in [7, 11) is 8.42. The lowest BCUT2D eigenvalue weighted by atomic mass is 10.1. The van der Waals surface area contributed by atoms with Gasteiger partial charge in [-0.25, -0.2) is 0 Å². The number of hydrogen-bond donors (Lipinski definition) is 3. The van der Waals surface area contributed by atoms with E-state index < -0.39 is 0 Å². The zero-order valence-corrected chi connectivity index (χ0v) is 21.5. The van der Waals surface area contributed by atoms with Crippen molar-refractivity contribution < 1.29 is 23.7 Å². The normalized spacial score (nSPS) is 20.5. The number of quaternary nitrogens is 2. The first-order valence-electron chi connectivity index (χ1n) is 12.4. The zero-order chi connectivity index (χ0) is 25.2. The van der Waals surface area contributed by atoms with Gasteiger partial charge in [0.15, 0.2) is 13.1 Å². The predicted molar refractivity (Wildman–Crippen MR) is 139 cm³/mol. The Labute approximate surface area is 208 Å². The summed E-state index contributed by atoms with van der Waals surface area (Å²) in [5.41, 5.74) is 0.919. The maximum absolute atomic E-state index is 13.0. The molecule has 2 aliphatic rings. The van der Waals surface area contributed by atoms with Crippen molar-refractivity contribution in [2.45, 2.75) is 0 Å². The summed E-state index contributed by atoms with van der Waals surface area (Å²) < 4.78 is 1.37. The fourth-order valence-corrected chi connectivity index (χ4v) is 5.05. The lowest BCUT2D eigenvalue weighted by Gasteiger charge is -2.40. The molecular formula is C26H40N6O3+2. The molecule has 2 amide bonds. The third kappa shape index (κ3) is 6.10. The molecule has 9 nitrogen and oxygen atoms in total. The Morgan fingerprint density at radius 3 is 1.80 bits per heavy atom. The van der Waals surface area contributed by atoms with Gasteiger partial charge in [0.05, 0.1) is 51.6 Å². The molecule has 2 heterocycles. The lowest BCUT2D eigenvalue weighted by molar-refractivity contribution is -0.905. The number of anilines is 2. The summed E-state index contributed by atoms with van der Waals surface area (Å²) in [4.78, 5) is 30.4. The molecule has 0 atom stereocenters. The molecule has 4 rings (SSSR count). The van der Waals surface area contributed by atoms with Crippen LogP contribution in [0.25, 0.3) is 10.8 Å². The molecule has 9 heteroatoms. The zero-order valence-electron chi connectivity index (χ0n) is 21.5. The van der Waals surface area contributed by atoms with Gasteiger partial charge in [-0.3, -0.25) is 19.4 Å². The monoisotopic (exact) mass is 484 g/mol. The Balaban J connectivity index is 1.48. The van der Waals surface area contributed by atoms with E-state index in [4.69, 9.17) is 0 Å². The molecule has 0 bridgehead atoms. The second-order valence-electron chi connectivity index (χ2n) is 11.0. The Hall–Kier alpha value is -2.72. The molecule has 2 aromatic rings. The number of rotatable bonds is 6. The molecule has 2 aliphatic heterocycles.